The quantitative estimate of drug-likeness (QED) is 0.657. The monoisotopic (exact) mass is 409 g/mol. The third-order valence-electron chi connectivity index (χ3n) is 5.66. The van der Waals surface area contributed by atoms with Gasteiger partial charge in [-0.2, -0.15) is 0 Å². The summed E-state index contributed by atoms with van der Waals surface area (Å²) < 4.78 is 5.26. The zero-order chi connectivity index (χ0) is 21.2. The Morgan fingerprint density at radius 2 is 1.63 bits per heavy atom. The average Bonchev–Trinajstić information content (AvgIpc) is 2.81. The molecule has 1 fully saturated rings. The van der Waals surface area contributed by atoms with Crippen LogP contribution in [0.5, 0.6) is 5.75 Å². The number of rotatable bonds is 8. The summed E-state index contributed by atoms with van der Waals surface area (Å²) in [5.41, 5.74) is 2.20. The number of para-hydroxylation sites is 1. The Morgan fingerprint density at radius 3 is 2.37 bits per heavy atom. The SMILES string of the molecule is COc1ccccc1CNC(=O)C(=O)NCC1CCN(CCc2ccccc2)CC1. The maximum absolute atomic E-state index is 12.1. The standard InChI is InChI=1S/C24H31N3O3/c1-30-22-10-6-5-9-21(22)18-26-24(29)23(28)25-17-20-12-15-27(16-13-20)14-11-19-7-3-2-4-8-19/h2-10,20H,11-18H2,1H3,(H,25,28)(H,26,29). The van der Waals surface area contributed by atoms with Crippen molar-refractivity contribution in [2.75, 3.05) is 33.3 Å². The van der Waals surface area contributed by atoms with E-state index in [1.54, 1.807) is 7.11 Å². The van der Waals surface area contributed by atoms with Crippen molar-refractivity contribution in [3.63, 3.8) is 0 Å². The first-order valence-corrected chi connectivity index (χ1v) is 10.6. The number of methoxy groups -OCH3 is 1. The minimum Gasteiger partial charge on any atom is -0.496 e. The Labute approximate surface area is 178 Å². The highest BCUT2D eigenvalue weighted by atomic mass is 16.5. The minimum atomic E-state index is -0.610. The van der Waals surface area contributed by atoms with Gasteiger partial charge in [0.15, 0.2) is 0 Å². The second-order valence-corrected chi connectivity index (χ2v) is 7.73. The molecule has 6 heteroatoms. The van der Waals surface area contributed by atoms with E-state index in [2.05, 4.69) is 39.8 Å². The van der Waals surface area contributed by atoms with Crippen molar-refractivity contribution in [3.05, 3.63) is 65.7 Å². The van der Waals surface area contributed by atoms with Crippen LogP contribution in [0.2, 0.25) is 0 Å². The molecule has 0 radical (unpaired) electrons. The first-order chi connectivity index (χ1) is 14.7. The number of piperidine rings is 1. The van der Waals surface area contributed by atoms with Gasteiger partial charge in [-0.05, 0) is 49.9 Å². The zero-order valence-corrected chi connectivity index (χ0v) is 17.6. The molecule has 6 nitrogen and oxygen atoms in total. The zero-order valence-electron chi connectivity index (χ0n) is 17.6. The minimum absolute atomic E-state index is 0.260. The van der Waals surface area contributed by atoms with Gasteiger partial charge in [0.2, 0.25) is 0 Å². The van der Waals surface area contributed by atoms with E-state index in [9.17, 15) is 9.59 Å². The predicted octanol–water partition coefficient (Wildman–Crippen LogP) is 2.38. The Morgan fingerprint density at radius 1 is 0.967 bits per heavy atom. The number of benzene rings is 2. The number of hydrogen-bond acceptors (Lipinski definition) is 4. The second-order valence-electron chi connectivity index (χ2n) is 7.73. The molecule has 0 spiro atoms. The summed E-state index contributed by atoms with van der Waals surface area (Å²) in [6.45, 7) is 3.94. The Hall–Kier alpha value is -2.86. The third kappa shape index (κ3) is 6.59. The molecule has 0 saturated carbocycles. The number of carbonyl (C=O) groups is 2. The Balaban J connectivity index is 1.32. The van der Waals surface area contributed by atoms with Crippen LogP contribution in [-0.2, 0) is 22.6 Å². The summed E-state index contributed by atoms with van der Waals surface area (Å²) in [7, 11) is 1.58. The molecule has 1 saturated heterocycles. The lowest BCUT2D eigenvalue weighted by molar-refractivity contribution is -0.139. The fourth-order valence-corrected chi connectivity index (χ4v) is 3.77. The molecule has 2 N–H and O–H groups in total. The van der Waals surface area contributed by atoms with Crippen molar-refractivity contribution in [3.8, 4) is 5.75 Å². The maximum Gasteiger partial charge on any atom is 0.309 e. The fraction of sp³-hybridized carbons (Fsp3) is 0.417. The molecule has 0 aromatic heterocycles. The van der Waals surface area contributed by atoms with Crippen LogP contribution in [0.4, 0.5) is 0 Å². The van der Waals surface area contributed by atoms with Gasteiger partial charge >= 0.3 is 11.8 Å². The molecule has 2 amide bonds. The largest absolute Gasteiger partial charge is 0.496 e. The van der Waals surface area contributed by atoms with Gasteiger partial charge in [-0.25, -0.2) is 0 Å². The molecule has 0 unspecified atom stereocenters. The van der Waals surface area contributed by atoms with E-state index in [-0.39, 0.29) is 6.54 Å². The lowest BCUT2D eigenvalue weighted by Gasteiger charge is -2.32. The summed E-state index contributed by atoms with van der Waals surface area (Å²) >= 11 is 0. The molecule has 1 aliphatic heterocycles. The fourth-order valence-electron chi connectivity index (χ4n) is 3.77. The van der Waals surface area contributed by atoms with Gasteiger partial charge in [-0.1, -0.05) is 48.5 Å². The lowest BCUT2D eigenvalue weighted by Crippen LogP contribution is -2.43. The molecule has 2 aromatic carbocycles. The van der Waals surface area contributed by atoms with Crippen molar-refractivity contribution in [1.82, 2.24) is 15.5 Å². The number of likely N-dealkylation sites (tertiary alicyclic amines) is 1. The van der Waals surface area contributed by atoms with Crippen LogP contribution in [0.1, 0.15) is 24.0 Å². The van der Waals surface area contributed by atoms with E-state index in [1.165, 1.54) is 5.56 Å². The van der Waals surface area contributed by atoms with Crippen molar-refractivity contribution >= 4 is 11.8 Å². The average molecular weight is 410 g/mol. The van der Waals surface area contributed by atoms with E-state index < -0.39 is 11.8 Å². The highest BCUT2D eigenvalue weighted by Crippen LogP contribution is 2.17. The number of amides is 2. The van der Waals surface area contributed by atoms with E-state index in [1.807, 2.05) is 30.3 Å². The number of carbonyl (C=O) groups excluding carboxylic acids is 2. The lowest BCUT2D eigenvalue weighted by atomic mass is 9.96. The van der Waals surface area contributed by atoms with Gasteiger partial charge in [-0.15, -0.1) is 0 Å². The van der Waals surface area contributed by atoms with Gasteiger partial charge in [0, 0.05) is 25.2 Å². The molecule has 0 aliphatic carbocycles. The Kier molecular flexibility index (Phi) is 8.27. The number of nitrogens with zero attached hydrogens (tertiary/aromatic N) is 1. The summed E-state index contributed by atoms with van der Waals surface area (Å²) in [6, 6.07) is 18.0. The van der Waals surface area contributed by atoms with Gasteiger partial charge in [0.05, 0.1) is 7.11 Å². The molecule has 3 rings (SSSR count). The summed E-state index contributed by atoms with van der Waals surface area (Å²) in [5, 5.41) is 5.45. The van der Waals surface area contributed by atoms with Gasteiger partial charge in [0.25, 0.3) is 0 Å². The van der Waals surface area contributed by atoms with Crippen molar-refractivity contribution < 1.29 is 14.3 Å². The molecular formula is C24H31N3O3. The van der Waals surface area contributed by atoms with Crippen LogP contribution in [-0.4, -0.2) is 50.0 Å². The van der Waals surface area contributed by atoms with Crippen LogP contribution < -0.4 is 15.4 Å². The van der Waals surface area contributed by atoms with E-state index in [0.717, 1.165) is 44.5 Å². The van der Waals surface area contributed by atoms with E-state index in [0.29, 0.717) is 18.2 Å². The maximum atomic E-state index is 12.1. The van der Waals surface area contributed by atoms with Crippen LogP contribution in [0, 0.1) is 5.92 Å². The molecule has 2 aromatic rings. The normalized spacial score (nSPS) is 14.8. The van der Waals surface area contributed by atoms with Crippen LogP contribution in [0.3, 0.4) is 0 Å². The predicted molar refractivity (Wildman–Crippen MR) is 117 cm³/mol. The highest BCUT2D eigenvalue weighted by Gasteiger charge is 2.21. The Bertz CT molecular complexity index is 817. The second kappa shape index (κ2) is 11.4. The molecule has 1 heterocycles. The van der Waals surface area contributed by atoms with E-state index in [4.69, 9.17) is 4.74 Å². The molecular weight excluding hydrogens is 378 g/mol. The molecule has 1 aliphatic rings. The molecule has 30 heavy (non-hydrogen) atoms. The molecule has 0 atom stereocenters. The summed E-state index contributed by atoms with van der Waals surface area (Å²) in [6.07, 6.45) is 3.14. The smallest absolute Gasteiger partial charge is 0.309 e. The third-order valence-corrected chi connectivity index (χ3v) is 5.66. The first kappa shape index (κ1) is 21.8. The van der Waals surface area contributed by atoms with Gasteiger partial charge in [-0.3, -0.25) is 9.59 Å². The highest BCUT2D eigenvalue weighted by molar-refractivity contribution is 6.35. The van der Waals surface area contributed by atoms with Gasteiger partial charge < -0.3 is 20.3 Å². The summed E-state index contributed by atoms with van der Waals surface area (Å²) in [4.78, 5) is 26.7. The topological polar surface area (TPSA) is 70.7 Å². The van der Waals surface area contributed by atoms with Crippen molar-refractivity contribution in [1.29, 1.82) is 0 Å². The van der Waals surface area contributed by atoms with Gasteiger partial charge in [0.1, 0.15) is 5.75 Å². The number of hydrogen-bond donors (Lipinski definition) is 2. The van der Waals surface area contributed by atoms with Crippen LogP contribution >= 0.6 is 0 Å². The summed E-state index contributed by atoms with van der Waals surface area (Å²) in [5.74, 6) is -0.0706. The molecule has 160 valence electrons. The van der Waals surface area contributed by atoms with Crippen molar-refractivity contribution in [2.45, 2.75) is 25.8 Å². The number of ether oxygens (including phenoxy) is 1. The van der Waals surface area contributed by atoms with Crippen molar-refractivity contribution in [2.24, 2.45) is 5.92 Å². The van der Waals surface area contributed by atoms with Crippen LogP contribution in [0.25, 0.3) is 0 Å². The number of nitrogens with one attached hydrogen (secondary N) is 2. The first-order valence-electron chi connectivity index (χ1n) is 10.6. The molecule has 0 bridgehead atoms. The van der Waals surface area contributed by atoms with E-state index >= 15 is 0 Å². The van der Waals surface area contributed by atoms with Crippen LogP contribution in [0.15, 0.2) is 54.6 Å².